The van der Waals surface area contributed by atoms with Gasteiger partial charge in [0.25, 0.3) is 0 Å². The van der Waals surface area contributed by atoms with Gasteiger partial charge in [0.1, 0.15) is 0 Å². The molecule has 1 heterocycles. The fraction of sp³-hybridized carbons (Fsp3) is 0.571. The summed E-state index contributed by atoms with van der Waals surface area (Å²) in [7, 11) is 0. The fourth-order valence-electron chi connectivity index (χ4n) is 2.31. The summed E-state index contributed by atoms with van der Waals surface area (Å²) in [6, 6.07) is 4.62. The van der Waals surface area contributed by atoms with E-state index in [1.807, 2.05) is 0 Å². The predicted octanol–water partition coefficient (Wildman–Crippen LogP) is 4.67. The first-order valence-corrected chi connectivity index (χ1v) is 6.79. The van der Waals surface area contributed by atoms with Gasteiger partial charge in [-0.05, 0) is 50.9 Å². The predicted molar refractivity (Wildman–Crippen MR) is 74.4 cm³/mol. The Morgan fingerprint density at radius 2 is 2.00 bits per heavy atom. The molecule has 0 saturated heterocycles. The van der Waals surface area contributed by atoms with Crippen molar-refractivity contribution in [1.29, 1.82) is 0 Å². The lowest BCUT2D eigenvalue weighted by atomic mass is 9.77. The van der Waals surface area contributed by atoms with Gasteiger partial charge in [0.05, 0.1) is 5.69 Å². The molecule has 0 fully saturated rings. The second kappa shape index (κ2) is 4.06. The molecule has 1 aromatic rings. The van der Waals surface area contributed by atoms with Crippen LogP contribution in [0.3, 0.4) is 0 Å². The van der Waals surface area contributed by atoms with Crippen molar-refractivity contribution in [3.63, 3.8) is 0 Å². The molecule has 0 aromatic heterocycles. The van der Waals surface area contributed by atoms with Gasteiger partial charge in [0, 0.05) is 11.0 Å². The molecule has 0 amide bonds. The van der Waals surface area contributed by atoms with Crippen molar-refractivity contribution >= 4 is 21.6 Å². The third-order valence-electron chi connectivity index (χ3n) is 3.56. The van der Waals surface area contributed by atoms with Gasteiger partial charge >= 0.3 is 0 Å². The zero-order chi connectivity index (χ0) is 11.9. The largest absolute Gasteiger partial charge is 0.384 e. The van der Waals surface area contributed by atoms with E-state index in [0.717, 1.165) is 6.54 Å². The lowest BCUT2D eigenvalue weighted by Crippen LogP contribution is -2.28. The Kier molecular flexibility index (Phi) is 3.04. The van der Waals surface area contributed by atoms with E-state index in [2.05, 4.69) is 61.1 Å². The SMILES string of the molecule is CC(C)c1cc(Br)c2c(c1)C(C)(C)CCN2. The zero-order valence-electron chi connectivity index (χ0n) is 10.5. The van der Waals surface area contributed by atoms with E-state index in [9.17, 15) is 0 Å². The van der Waals surface area contributed by atoms with E-state index in [0.29, 0.717) is 5.92 Å². The van der Waals surface area contributed by atoms with Gasteiger partial charge in [-0.3, -0.25) is 0 Å². The average molecular weight is 282 g/mol. The first-order chi connectivity index (χ1) is 7.42. The summed E-state index contributed by atoms with van der Waals surface area (Å²) in [5, 5.41) is 3.51. The van der Waals surface area contributed by atoms with Gasteiger partial charge in [-0.15, -0.1) is 0 Å². The minimum atomic E-state index is 0.286. The fourth-order valence-corrected chi connectivity index (χ4v) is 2.93. The van der Waals surface area contributed by atoms with E-state index in [4.69, 9.17) is 0 Å². The molecule has 0 bridgehead atoms. The van der Waals surface area contributed by atoms with Crippen molar-refractivity contribution in [3.05, 3.63) is 27.7 Å². The molecule has 1 aromatic carbocycles. The van der Waals surface area contributed by atoms with Crippen LogP contribution in [0.2, 0.25) is 0 Å². The second-order valence-corrected chi connectivity index (χ2v) is 6.49. The Morgan fingerprint density at radius 3 is 2.62 bits per heavy atom. The Hall–Kier alpha value is -0.500. The molecule has 88 valence electrons. The van der Waals surface area contributed by atoms with E-state index >= 15 is 0 Å². The van der Waals surface area contributed by atoms with Crippen LogP contribution in [0.4, 0.5) is 5.69 Å². The standard InChI is InChI=1S/C14H20BrN/c1-9(2)10-7-11-13(12(15)8-10)16-6-5-14(11,3)4/h7-9,16H,5-6H2,1-4H3. The summed E-state index contributed by atoms with van der Waals surface area (Å²) in [4.78, 5) is 0. The third kappa shape index (κ3) is 2.00. The van der Waals surface area contributed by atoms with E-state index in [-0.39, 0.29) is 5.41 Å². The summed E-state index contributed by atoms with van der Waals surface area (Å²) in [5.41, 5.74) is 4.45. The number of rotatable bonds is 1. The van der Waals surface area contributed by atoms with Crippen molar-refractivity contribution in [2.75, 3.05) is 11.9 Å². The highest BCUT2D eigenvalue weighted by Gasteiger charge is 2.29. The van der Waals surface area contributed by atoms with Gasteiger partial charge in [-0.2, -0.15) is 0 Å². The summed E-state index contributed by atoms with van der Waals surface area (Å²) < 4.78 is 1.21. The minimum absolute atomic E-state index is 0.286. The maximum absolute atomic E-state index is 3.69. The second-order valence-electron chi connectivity index (χ2n) is 5.64. The van der Waals surface area contributed by atoms with E-state index < -0.39 is 0 Å². The van der Waals surface area contributed by atoms with Gasteiger partial charge in [0.15, 0.2) is 0 Å². The number of fused-ring (bicyclic) bond motifs is 1. The van der Waals surface area contributed by atoms with Crippen LogP contribution in [0.15, 0.2) is 16.6 Å². The van der Waals surface area contributed by atoms with Gasteiger partial charge in [-0.1, -0.05) is 33.8 Å². The minimum Gasteiger partial charge on any atom is -0.384 e. The Morgan fingerprint density at radius 1 is 1.31 bits per heavy atom. The van der Waals surface area contributed by atoms with Crippen LogP contribution in [0.25, 0.3) is 0 Å². The average Bonchev–Trinajstić information content (AvgIpc) is 2.18. The first kappa shape index (κ1) is 12.0. The summed E-state index contributed by atoms with van der Waals surface area (Å²) >= 11 is 3.69. The van der Waals surface area contributed by atoms with Crippen molar-refractivity contribution in [3.8, 4) is 0 Å². The molecule has 0 radical (unpaired) electrons. The van der Waals surface area contributed by atoms with Crippen LogP contribution in [-0.2, 0) is 5.41 Å². The summed E-state index contributed by atoms with van der Waals surface area (Å²) in [6.07, 6.45) is 1.20. The molecule has 0 saturated carbocycles. The molecule has 0 unspecified atom stereocenters. The Labute approximate surface area is 107 Å². The first-order valence-electron chi connectivity index (χ1n) is 5.99. The molecule has 2 rings (SSSR count). The van der Waals surface area contributed by atoms with Gasteiger partial charge in [0.2, 0.25) is 0 Å². The van der Waals surface area contributed by atoms with E-state index in [1.165, 1.54) is 27.7 Å². The van der Waals surface area contributed by atoms with Crippen LogP contribution < -0.4 is 5.32 Å². The maximum atomic E-state index is 3.69. The molecule has 1 aliphatic rings. The van der Waals surface area contributed by atoms with Crippen LogP contribution in [0.5, 0.6) is 0 Å². The van der Waals surface area contributed by atoms with Crippen LogP contribution in [0, 0.1) is 0 Å². The monoisotopic (exact) mass is 281 g/mol. The topological polar surface area (TPSA) is 12.0 Å². The molecular formula is C14H20BrN. The zero-order valence-corrected chi connectivity index (χ0v) is 12.1. The number of benzene rings is 1. The van der Waals surface area contributed by atoms with Crippen molar-refractivity contribution in [2.24, 2.45) is 0 Å². The number of hydrogen-bond acceptors (Lipinski definition) is 1. The Balaban J connectivity index is 2.59. The molecule has 1 nitrogen and oxygen atoms in total. The summed E-state index contributed by atoms with van der Waals surface area (Å²) in [6.45, 7) is 10.2. The quantitative estimate of drug-likeness (QED) is 0.789. The molecule has 16 heavy (non-hydrogen) atoms. The highest BCUT2D eigenvalue weighted by atomic mass is 79.9. The molecule has 1 aliphatic heterocycles. The number of halogens is 1. The molecule has 0 atom stereocenters. The lowest BCUT2D eigenvalue weighted by molar-refractivity contribution is 0.480. The van der Waals surface area contributed by atoms with Crippen molar-refractivity contribution in [1.82, 2.24) is 0 Å². The number of nitrogens with one attached hydrogen (secondary N) is 1. The van der Waals surface area contributed by atoms with Crippen LogP contribution in [0.1, 0.15) is 51.2 Å². The normalized spacial score (nSPS) is 18.1. The lowest BCUT2D eigenvalue weighted by Gasteiger charge is -2.34. The maximum Gasteiger partial charge on any atom is 0.0522 e. The number of anilines is 1. The molecule has 1 N–H and O–H groups in total. The Bertz CT molecular complexity index is 407. The third-order valence-corrected chi connectivity index (χ3v) is 4.19. The highest BCUT2D eigenvalue weighted by molar-refractivity contribution is 9.10. The van der Waals surface area contributed by atoms with Crippen molar-refractivity contribution < 1.29 is 0 Å². The number of hydrogen-bond donors (Lipinski definition) is 1. The van der Waals surface area contributed by atoms with Crippen molar-refractivity contribution in [2.45, 2.75) is 45.4 Å². The van der Waals surface area contributed by atoms with Gasteiger partial charge in [-0.25, -0.2) is 0 Å². The van der Waals surface area contributed by atoms with Gasteiger partial charge < -0.3 is 5.32 Å². The smallest absolute Gasteiger partial charge is 0.0522 e. The van der Waals surface area contributed by atoms with Crippen LogP contribution >= 0.6 is 15.9 Å². The highest BCUT2D eigenvalue weighted by Crippen LogP contribution is 2.42. The molecule has 0 spiro atoms. The molecular weight excluding hydrogens is 262 g/mol. The van der Waals surface area contributed by atoms with E-state index in [1.54, 1.807) is 0 Å². The molecule has 2 heteroatoms. The molecule has 0 aliphatic carbocycles. The van der Waals surface area contributed by atoms with Crippen LogP contribution in [-0.4, -0.2) is 6.54 Å². The summed E-state index contributed by atoms with van der Waals surface area (Å²) in [5.74, 6) is 0.583.